The Morgan fingerprint density at radius 3 is 2.50 bits per heavy atom. The number of hydrogen-bond donors (Lipinski definition) is 3. The Hall–Kier alpha value is -1.14. The van der Waals surface area contributed by atoms with Gasteiger partial charge in [0.05, 0.1) is 6.54 Å². The molecule has 0 radical (unpaired) electrons. The Kier molecular flexibility index (Phi) is 6.07. The van der Waals surface area contributed by atoms with Crippen LogP contribution in [0.1, 0.15) is 26.2 Å². The van der Waals surface area contributed by atoms with E-state index in [9.17, 15) is 9.59 Å². The third-order valence-electron chi connectivity index (χ3n) is 3.27. The Balaban J connectivity index is 2.22. The lowest BCUT2D eigenvalue weighted by molar-refractivity contribution is -0.123. The van der Waals surface area contributed by atoms with E-state index < -0.39 is 0 Å². The molecule has 0 aromatic carbocycles. The molecule has 1 atom stereocenters. The molecule has 1 rings (SSSR count). The van der Waals surface area contributed by atoms with Gasteiger partial charge in [-0.2, -0.15) is 0 Å². The molecule has 2 amide bonds. The van der Waals surface area contributed by atoms with Crippen LogP contribution in [-0.2, 0) is 9.59 Å². The first-order valence-electron chi connectivity index (χ1n) is 6.51. The van der Waals surface area contributed by atoms with E-state index >= 15 is 0 Å². The predicted molar refractivity (Wildman–Crippen MR) is 69.6 cm³/mol. The second kappa shape index (κ2) is 7.33. The van der Waals surface area contributed by atoms with E-state index in [-0.39, 0.29) is 23.8 Å². The number of primary amides is 1. The molecule has 0 aromatic rings. The number of nitrogens with one attached hydrogen (secondary N) is 1. The van der Waals surface area contributed by atoms with Crippen LogP contribution in [0.5, 0.6) is 0 Å². The molecule has 6 heteroatoms. The molecule has 1 unspecified atom stereocenters. The molecule has 6 nitrogen and oxygen atoms in total. The molecule has 0 bridgehead atoms. The first-order valence-corrected chi connectivity index (χ1v) is 6.51. The van der Waals surface area contributed by atoms with Crippen LogP contribution < -0.4 is 16.8 Å². The number of hydrogen-bond acceptors (Lipinski definition) is 4. The van der Waals surface area contributed by atoms with E-state index in [0.717, 1.165) is 25.9 Å². The van der Waals surface area contributed by atoms with Crippen molar-refractivity contribution in [2.45, 2.75) is 32.2 Å². The predicted octanol–water partition coefficient (Wildman–Crippen LogP) is -0.963. The lowest BCUT2D eigenvalue weighted by atomic mass is 10.0. The van der Waals surface area contributed by atoms with E-state index in [1.165, 1.54) is 0 Å². The zero-order valence-electron chi connectivity index (χ0n) is 11.0. The van der Waals surface area contributed by atoms with Gasteiger partial charge >= 0.3 is 0 Å². The Morgan fingerprint density at radius 2 is 2.00 bits per heavy atom. The highest BCUT2D eigenvalue weighted by molar-refractivity contribution is 5.76. The monoisotopic (exact) mass is 256 g/mol. The van der Waals surface area contributed by atoms with Crippen molar-refractivity contribution in [3.05, 3.63) is 0 Å². The van der Waals surface area contributed by atoms with Gasteiger partial charge in [0.2, 0.25) is 11.8 Å². The first kappa shape index (κ1) is 14.9. The zero-order chi connectivity index (χ0) is 13.5. The molecule has 0 aromatic heterocycles. The molecule has 1 aliphatic rings. The van der Waals surface area contributed by atoms with Crippen molar-refractivity contribution >= 4 is 11.8 Å². The van der Waals surface area contributed by atoms with E-state index in [0.29, 0.717) is 19.5 Å². The molecule has 0 saturated carbocycles. The highest BCUT2D eigenvalue weighted by atomic mass is 16.2. The molecular formula is C12H24N4O2. The fraction of sp³-hybridized carbons (Fsp3) is 0.833. The fourth-order valence-electron chi connectivity index (χ4n) is 2.14. The number of likely N-dealkylation sites (tertiary alicyclic amines) is 1. The second-order valence-electron chi connectivity index (χ2n) is 5.13. The summed E-state index contributed by atoms with van der Waals surface area (Å²) in [6, 6.07) is 0.214. The minimum absolute atomic E-state index is 0.0706. The van der Waals surface area contributed by atoms with Crippen molar-refractivity contribution in [2.24, 2.45) is 17.4 Å². The van der Waals surface area contributed by atoms with Gasteiger partial charge in [0.15, 0.2) is 0 Å². The number of rotatable bonds is 6. The number of nitrogens with two attached hydrogens (primary N) is 2. The Bertz CT molecular complexity index is 288. The molecule has 0 aliphatic carbocycles. The zero-order valence-corrected chi connectivity index (χ0v) is 11.0. The van der Waals surface area contributed by atoms with Crippen LogP contribution in [0.25, 0.3) is 0 Å². The van der Waals surface area contributed by atoms with Crippen molar-refractivity contribution < 1.29 is 9.59 Å². The molecule has 5 N–H and O–H groups in total. The van der Waals surface area contributed by atoms with Crippen molar-refractivity contribution in [3.63, 3.8) is 0 Å². The summed E-state index contributed by atoms with van der Waals surface area (Å²) in [5.74, 6) is -0.00416. The minimum atomic E-state index is -0.297. The van der Waals surface area contributed by atoms with Crippen LogP contribution in [0.15, 0.2) is 0 Å². The quantitative estimate of drug-likeness (QED) is 0.569. The third-order valence-corrected chi connectivity index (χ3v) is 3.27. The molecule has 104 valence electrons. The fourth-order valence-corrected chi connectivity index (χ4v) is 2.14. The summed E-state index contributed by atoms with van der Waals surface area (Å²) in [5.41, 5.74) is 10.6. The third kappa shape index (κ3) is 5.46. The van der Waals surface area contributed by atoms with E-state index in [2.05, 4.69) is 5.32 Å². The summed E-state index contributed by atoms with van der Waals surface area (Å²) in [4.78, 5) is 24.5. The lowest BCUT2D eigenvalue weighted by Gasteiger charge is -2.31. The van der Waals surface area contributed by atoms with Crippen LogP contribution in [-0.4, -0.2) is 48.9 Å². The number of carbonyl (C=O) groups is 2. The maximum absolute atomic E-state index is 11.7. The minimum Gasteiger partial charge on any atom is -0.369 e. The molecule has 1 heterocycles. The highest BCUT2D eigenvalue weighted by Crippen LogP contribution is 2.10. The van der Waals surface area contributed by atoms with Gasteiger partial charge in [-0.15, -0.1) is 0 Å². The van der Waals surface area contributed by atoms with Crippen LogP contribution in [0, 0.1) is 5.92 Å². The molecule has 18 heavy (non-hydrogen) atoms. The molecule has 0 spiro atoms. The van der Waals surface area contributed by atoms with E-state index in [1.807, 2.05) is 11.8 Å². The van der Waals surface area contributed by atoms with E-state index in [1.54, 1.807) is 0 Å². The Morgan fingerprint density at radius 1 is 1.39 bits per heavy atom. The van der Waals surface area contributed by atoms with Crippen LogP contribution in [0.2, 0.25) is 0 Å². The normalized spacial score (nSPS) is 19.4. The summed E-state index contributed by atoms with van der Waals surface area (Å²) < 4.78 is 0. The van der Waals surface area contributed by atoms with Crippen molar-refractivity contribution in [3.8, 4) is 0 Å². The van der Waals surface area contributed by atoms with Crippen LogP contribution in [0.4, 0.5) is 0 Å². The number of nitrogens with zero attached hydrogens (tertiary/aromatic N) is 1. The molecular weight excluding hydrogens is 232 g/mol. The number of carbonyl (C=O) groups excluding carboxylic acids is 2. The maximum Gasteiger partial charge on any atom is 0.231 e. The summed E-state index contributed by atoms with van der Waals surface area (Å²) in [7, 11) is 0. The van der Waals surface area contributed by atoms with Crippen molar-refractivity contribution in [2.75, 3.05) is 26.2 Å². The highest BCUT2D eigenvalue weighted by Gasteiger charge is 2.21. The first-order chi connectivity index (χ1) is 8.51. The van der Waals surface area contributed by atoms with Gasteiger partial charge in [0.1, 0.15) is 0 Å². The van der Waals surface area contributed by atoms with Gasteiger partial charge in [-0.3, -0.25) is 14.5 Å². The maximum atomic E-state index is 11.7. The lowest BCUT2D eigenvalue weighted by Crippen LogP contribution is -2.47. The van der Waals surface area contributed by atoms with Crippen LogP contribution >= 0.6 is 0 Å². The molecule has 1 fully saturated rings. The van der Waals surface area contributed by atoms with Gasteiger partial charge in [-0.05, 0) is 25.3 Å². The molecule has 1 aliphatic heterocycles. The Labute approximate surface area is 108 Å². The van der Waals surface area contributed by atoms with Crippen molar-refractivity contribution in [1.82, 2.24) is 10.2 Å². The van der Waals surface area contributed by atoms with Gasteiger partial charge in [0, 0.05) is 25.6 Å². The van der Waals surface area contributed by atoms with Crippen molar-refractivity contribution in [1.29, 1.82) is 0 Å². The van der Waals surface area contributed by atoms with E-state index in [4.69, 9.17) is 11.5 Å². The summed E-state index contributed by atoms with van der Waals surface area (Å²) in [6.45, 7) is 4.42. The second-order valence-corrected chi connectivity index (χ2v) is 5.13. The summed E-state index contributed by atoms with van der Waals surface area (Å²) in [6.07, 6.45) is 2.23. The summed E-state index contributed by atoms with van der Waals surface area (Å²) in [5, 5.41) is 3.02. The largest absolute Gasteiger partial charge is 0.369 e. The number of amides is 2. The van der Waals surface area contributed by atoms with Crippen LogP contribution in [0.3, 0.4) is 0 Å². The standard InChI is InChI=1S/C12H24N4O2/c1-9(7-13)6-12(18)15-10-2-4-16(5-3-10)8-11(14)17/h9-10H,2-8,13H2,1H3,(H2,14,17)(H,15,18). The topological polar surface area (TPSA) is 101 Å². The average molecular weight is 256 g/mol. The SMILES string of the molecule is CC(CN)CC(=O)NC1CCN(CC(N)=O)CC1. The number of piperidine rings is 1. The van der Waals surface area contributed by atoms with Gasteiger partial charge in [-0.1, -0.05) is 6.92 Å². The average Bonchev–Trinajstić information content (AvgIpc) is 2.30. The van der Waals surface area contributed by atoms with Gasteiger partial charge in [0.25, 0.3) is 0 Å². The van der Waals surface area contributed by atoms with Gasteiger partial charge < -0.3 is 16.8 Å². The smallest absolute Gasteiger partial charge is 0.231 e. The van der Waals surface area contributed by atoms with Gasteiger partial charge in [-0.25, -0.2) is 0 Å². The molecule has 1 saturated heterocycles. The summed E-state index contributed by atoms with van der Waals surface area (Å²) >= 11 is 0.